The zero-order valence-electron chi connectivity index (χ0n) is 19.2. The number of benzene rings is 1. The minimum Gasteiger partial charge on any atom is -0.496 e. The molecule has 0 spiro atoms. The van der Waals surface area contributed by atoms with Crippen molar-refractivity contribution < 1.29 is 14.3 Å². The number of ether oxygens (including phenoxy) is 2. The molecule has 1 N–H and O–H groups in total. The molecule has 176 valence electrons. The van der Waals surface area contributed by atoms with Crippen LogP contribution in [-0.4, -0.2) is 53.4 Å². The van der Waals surface area contributed by atoms with Crippen LogP contribution in [0, 0.1) is 5.92 Å². The number of anilines is 2. The van der Waals surface area contributed by atoms with Gasteiger partial charge in [-0.3, -0.25) is 4.79 Å². The van der Waals surface area contributed by atoms with Gasteiger partial charge in [0.25, 0.3) is 0 Å². The number of rotatable bonds is 7. The van der Waals surface area contributed by atoms with Crippen molar-refractivity contribution >= 4 is 33.2 Å². The number of carbonyl (C=O) groups excluding carboxylic acids is 1. The van der Waals surface area contributed by atoms with Crippen molar-refractivity contribution in [3.8, 4) is 17.0 Å². The number of fused-ring (bicyclic) bond motifs is 1. The van der Waals surface area contributed by atoms with Crippen LogP contribution in [0.15, 0.2) is 24.3 Å². The highest BCUT2D eigenvalue weighted by molar-refractivity contribution is 7.20. The summed E-state index contributed by atoms with van der Waals surface area (Å²) in [5.74, 6) is 1.65. The van der Waals surface area contributed by atoms with Gasteiger partial charge in [0, 0.05) is 24.7 Å². The maximum Gasteiger partial charge on any atom is 0.309 e. The lowest BCUT2D eigenvalue weighted by molar-refractivity contribution is -0.148. The third kappa shape index (κ3) is 4.38. The molecule has 5 rings (SSSR count). The first-order valence-corrected chi connectivity index (χ1v) is 12.7. The predicted octanol–water partition coefficient (Wildman–Crippen LogP) is 4.60. The Kier molecular flexibility index (Phi) is 6.39. The number of hydrogen-bond donors (Lipinski definition) is 1. The zero-order valence-corrected chi connectivity index (χ0v) is 20.1. The fourth-order valence-electron chi connectivity index (χ4n) is 4.85. The smallest absolute Gasteiger partial charge is 0.309 e. The molecule has 2 fully saturated rings. The summed E-state index contributed by atoms with van der Waals surface area (Å²) >= 11 is 1.59. The summed E-state index contributed by atoms with van der Waals surface area (Å²) in [6, 6.07) is 8.43. The molecule has 0 bridgehead atoms. The Bertz CT molecular complexity index is 1110. The third-order valence-corrected chi connectivity index (χ3v) is 7.61. The largest absolute Gasteiger partial charge is 0.496 e. The SMILES string of the molecule is CCOC(=O)C1CCN(c2nn3c(NC4CCCC4)c(-c4ccccc4OC)nc3s2)CC1. The van der Waals surface area contributed by atoms with E-state index in [0.717, 1.165) is 71.7 Å². The summed E-state index contributed by atoms with van der Waals surface area (Å²) in [6.45, 7) is 3.89. The van der Waals surface area contributed by atoms with E-state index in [4.69, 9.17) is 19.6 Å². The summed E-state index contributed by atoms with van der Waals surface area (Å²) in [7, 11) is 1.69. The van der Waals surface area contributed by atoms with Gasteiger partial charge in [0.05, 0.1) is 19.6 Å². The molecule has 3 aromatic rings. The summed E-state index contributed by atoms with van der Waals surface area (Å²) in [4.78, 5) is 20.2. The molecule has 1 saturated carbocycles. The normalized spacial score (nSPS) is 17.6. The monoisotopic (exact) mass is 469 g/mol. The fourth-order valence-corrected chi connectivity index (χ4v) is 5.81. The number of esters is 1. The molecule has 9 heteroatoms. The van der Waals surface area contributed by atoms with Gasteiger partial charge in [0.2, 0.25) is 10.1 Å². The quantitative estimate of drug-likeness (QED) is 0.507. The van der Waals surface area contributed by atoms with E-state index in [2.05, 4.69) is 10.2 Å². The molecule has 1 aliphatic heterocycles. The second-order valence-corrected chi connectivity index (χ2v) is 9.66. The molecule has 0 radical (unpaired) electrons. The van der Waals surface area contributed by atoms with Gasteiger partial charge >= 0.3 is 5.97 Å². The van der Waals surface area contributed by atoms with Crippen LogP contribution in [0.25, 0.3) is 16.2 Å². The average Bonchev–Trinajstić information content (AvgIpc) is 3.57. The van der Waals surface area contributed by atoms with Crippen LogP contribution in [-0.2, 0) is 9.53 Å². The number of imidazole rings is 1. The van der Waals surface area contributed by atoms with Crippen LogP contribution in [0.5, 0.6) is 5.75 Å². The van der Waals surface area contributed by atoms with Crippen LogP contribution in [0.4, 0.5) is 10.9 Å². The minimum atomic E-state index is -0.0735. The van der Waals surface area contributed by atoms with E-state index in [0.29, 0.717) is 12.6 Å². The van der Waals surface area contributed by atoms with Gasteiger partial charge < -0.3 is 19.7 Å². The summed E-state index contributed by atoms with van der Waals surface area (Å²) in [5.41, 5.74) is 1.85. The molecular weight excluding hydrogens is 438 g/mol. The van der Waals surface area contributed by atoms with E-state index in [-0.39, 0.29) is 11.9 Å². The van der Waals surface area contributed by atoms with Crippen LogP contribution in [0.2, 0.25) is 0 Å². The van der Waals surface area contributed by atoms with Crippen molar-refractivity contribution in [3.63, 3.8) is 0 Å². The highest BCUT2D eigenvalue weighted by atomic mass is 32.1. The number of hydrogen-bond acceptors (Lipinski definition) is 8. The van der Waals surface area contributed by atoms with Crippen molar-refractivity contribution in [1.29, 1.82) is 0 Å². The maximum atomic E-state index is 12.1. The highest BCUT2D eigenvalue weighted by Crippen LogP contribution is 2.39. The third-order valence-electron chi connectivity index (χ3n) is 6.64. The van der Waals surface area contributed by atoms with Crippen molar-refractivity contribution in [2.75, 3.05) is 37.0 Å². The molecule has 1 aliphatic carbocycles. The minimum absolute atomic E-state index is 0.0120. The van der Waals surface area contributed by atoms with Crippen molar-refractivity contribution in [3.05, 3.63) is 24.3 Å². The zero-order chi connectivity index (χ0) is 22.8. The highest BCUT2D eigenvalue weighted by Gasteiger charge is 2.29. The molecule has 0 amide bonds. The van der Waals surface area contributed by atoms with Gasteiger partial charge in [-0.25, -0.2) is 4.98 Å². The van der Waals surface area contributed by atoms with Crippen molar-refractivity contribution in [2.45, 2.75) is 51.5 Å². The Hall–Kier alpha value is -2.81. The molecule has 3 heterocycles. The first kappa shape index (κ1) is 22.0. The van der Waals surface area contributed by atoms with Gasteiger partial charge in [-0.1, -0.05) is 36.3 Å². The molecule has 0 unspecified atom stereocenters. The van der Waals surface area contributed by atoms with E-state index in [1.54, 1.807) is 18.4 Å². The number of methoxy groups -OCH3 is 1. The number of aromatic nitrogens is 3. The van der Waals surface area contributed by atoms with Gasteiger partial charge in [0.15, 0.2) is 5.82 Å². The van der Waals surface area contributed by atoms with E-state index >= 15 is 0 Å². The van der Waals surface area contributed by atoms with Gasteiger partial charge in [-0.2, -0.15) is 4.52 Å². The van der Waals surface area contributed by atoms with Crippen LogP contribution in [0.1, 0.15) is 45.4 Å². The molecule has 33 heavy (non-hydrogen) atoms. The summed E-state index contributed by atoms with van der Waals surface area (Å²) in [5, 5.41) is 9.65. The van der Waals surface area contributed by atoms with Crippen LogP contribution < -0.4 is 15.0 Å². The lowest BCUT2D eigenvalue weighted by Gasteiger charge is -2.30. The number of nitrogens with zero attached hydrogens (tertiary/aromatic N) is 4. The van der Waals surface area contributed by atoms with Crippen LogP contribution in [0.3, 0.4) is 0 Å². The van der Waals surface area contributed by atoms with Crippen LogP contribution >= 0.6 is 11.3 Å². The lowest BCUT2D eigenvalue weighted by Crippen LogP contribution is -2.37. The number of piperidine rings is 1. The Morgan fingerprint density at radius 3 is 2.67 bits per heavy atom. The molecule has 8 nitrogen and oxygen atoms in total. The second kappa shape index (κ2) is 9.59. The van der Waals surface area contributed by atoms with Gasteiger partial charge in [-0.15, -0.1) is 5.10 Å². The van der Waals surface area contributed by atoms with E-state index < -0.39 is 0 Å². The first-order chi connectivity index (χ1) is 16.2. The molecule has 1 aromatic carbocycles. The van der Waals surface area contributed by atoms with E-state index in [9.17, 15) is 4.79 Å². The first-order valence-electron chi connectivity index (χ1n) is 11.9. The number of para-hydroxylation sites is 1. The molecular formula is C24H31N5O3S. The van der Waals surface area contributed by atoms with E-state index in [1.165, 1.54) is 12.8 Å². The lowest BCUT2D eigenvalue weighted by atomic mass is 9.97. The Morgan fingerprint density at radius 2 is 1.94 bits per heavy atom. The van der Waals surface area contributed by atoms with Crippen molar-refractivity contribution in [2.24, 2.45) is 5.92 Å². The second-order valence-electron chi connectivity index (χ2n) is 8.73. The molecule has 2 aromatic heterocycles. The fraction of sp³-hybridized carbons (Fsp3) is 0.542. The Labute approximate surface area is 197 Å². The summed E-state index contributed by atoms with van der Waals surface area (Å²) in [6.07, 6.45) is 6.41. The molecule has 0 atom stereocenters. The van der Waals surface area contributed by atoms with Gasteiger partial charge in [-0.05, 0) is 44.7 Å². The Balaban J connectivity index is 1.44. The Morgan fingerprint density at radius 1 is 1.18 bits per heavy atom. The van der Waals surface area contributed by atoms with E-state index in [1.807, 2.05) is 35.7 Å². The van der Waals surface area contributed by atoms with Gasteiger partial charge in [0.1, 0.15) is 11.4 Å². The summed E-state index contributed by atoms with van der Waals surface area (Å²) < 4.78 is 12.8. The standard InChI is InChI=1S/C24H31N5O3S/c1-3-32-22(30)16-12-14-28(15-13-16)24-27-29-21(25-17-8-4-5-9-17)20(26-23(29)33-24)18-10-6-7-11-19(18)31-2/h6-7,10-11,16-17,25H,3-5,8-9,12-15H2,1-2H3. The predicted molar refractivity (Wildman–Crippen MR) is 130 cm³/mol. The number of nitrogens with one attached hydrogen (secondary N) is 1. The number of carbonyl (C=O) groups is 1. The average molecular weight is 470 g/mol. The van der Waals surface area contributed by atoms with Crippen molar-refractivity contribution in [1.82, 2.24) is 14.6 Å². The molecule has 1 saturated heterocycles. The topological polar surface area (TPSA) is 81.0 Å². The maximum absolute atomic E-state index is 12.1. The molecule has 2 aliphatic rings.